The van der Waals surface area contributed by atoms with Gasteiger partial charge in [0.25, 0.3) is 0 Å². The predicted molar refractivity (Wildman–Crippen MR) is 317 cm³/mol. The maximum atomic E-state index is 2.49. The normalized spacial score (nSPS) is 12.2. The summed E-state index contributed by atoms with van der Waals surface area (Å²) in [6, 6.07) is 98.0. The average molecular weight is 969 g/mol. The van der Waals surface area contributed by atoms with Crippen molar-refractivity contribution >= 4 is 109 Å². The molecule has 17 rings (SSSR count). The van der Waals surface area contributed by atoms with Crippen LogP contribution in [0.5, 0.6) is 0 Å². The van der Waals surface area contributed by atoms with Crippen LogP contribution in [0.3, 0.4) is 0 Å². The number of hydrogen-bond acceptors (Lipinski definition) is 0. The molecule has 0 spiro atoms. The van der Waals surface area contributed by atoms with Crippen molar-refractivity contribution in [3.63, 3.8) is 0 Å². The minimum Gasteiger partial charge on any atom is -0.309 e. The number of para-hydroxylation sites is 8. The molecule has 0 aliphatic carbocycles. The van der Waals surface area contributed by atoms with Crippen LogP contribution in [-0.4, -0.2) is 27.4 Å². The third kappa shape index (κ3) is 5.59. The fourth-order valence-corrected chi connectivity index (χ4v) is 13.2. The zero-order valence-corrected chi connectivity index (χ0v) is 41.1. The number of nitrogens with zero attached hydrogens (tertiary/aromatic N) is 6. The molecule has 0 N–H and O–H groups in total. The highest BCUT2D eigenvalue weighted by atomic mass is 15.2. The van der Waals surface area contributed by atoms with Gasteiger partial charge < -0.3 is 9.13 Å². The molecular formula is C70H44N6. The third-order valence-corrected chi connectivity index (χ3v) is 16.2. The van der Waals surface area contributed by atoms with E-state index in [2.05, 4.69) is 294 Å². The van der Waals surface area contributed by atoms with Gasteiger partial charge in [-0.2, -0.15) is 0 Å². The van der Waals surface area contributed by atoms with Crippen molar-refractivity contribution < 1.29 is 0 Å². The molecule has 76 heavy (non-hydrogen) atoms. The highest BCUT2D eigenvalue weighted by Gasteiger charge is 2.26. The molecule has 0 unspecified atom stereocenters. The van der Waals surface area contributed by atoms with Gasteiger partial charge in [0.15, 0.2) is 0 Å². The lowest BCUT2D eigenvalue weighted by molar-refractivity contribution is 1.04. The van der Waals surface area contributed by atoms with Gasteiger partial charge in [-0.25, -0.2) is 0 Å². The zero-order valence-electron chi connectivity index (χ0n) is 41.1. The lowest BCUT2D eigenvalue weighted by Crippen LogP contribution is -2.05. The second-order valence-corrected chi connectivity index (χ2v) is 20.1. The van der Waals surface area contributed by atoms with E-state index in [1.807, 2.05) is 0 Å². The van der Waals surface area contributed by atoms with Gasteiger partial charge in [0.05, 0.1) is 44.1 Å². The van der Waals surface area contributed by atoms with Crippen LogP contribution in [0.25, 0.3) is 143 Å². The van der Waals surface area contributed by atoms with E-state index in [-0.39, 0.29) is 0 Å². The predicted octanol–water partition coefficient (Wildman–Crippen LogP) is 18.0. The molecule has 11 aromatic carbocycles. The number of benzene rings is 11. The molecule has 0 amide bonds. The quantitative estimate of drug-likeness (QED) is 0.159. The van der Waals surface area contributed by atoms with Crippen LogP contribution in [0.15, 0.2) is 267 Å². The summed E-state index contributed by atoms with van der Waals surface area (Å²) in [6.45, 7) is 0. The fraction of sp³-hybridized carbons (Fsp3) is 0. The minimum atomic E-state index is 1.08. The maximum Gasteiger partial charge on any atom is 0.131 e. The molecule has 6 heterocycles. The van der Waals surface area contributed by atoms with Gasteiger partial charge >= 0.3 is 0 Å². The van der Waals surface area contributed by atoms with E-state index in [4.69, 9.17) is 0 Å². The van der Waals surface area contributed by atoms with Gasteiger partial charge in [-0.15, -0.1) is 0 Å². The largest absolute Gasteiger partial charge is 0.309 e. The summed E-state index contributed by atoms with van der Waals surface area (Å²) in [4.78, 5) is 0. The van der Waals surface area contributed by atoms with Crippen LogP contribution in [0.2, 0.25) is 0 Å². The average Bonchev–Trinajstić information content (AvgIpc) is 4.45. The summed E-state index contributed by atoms with van der Waals surface area (Å²) in [5, 5.41) is 12.3. The lowest BCUT2D eigenvalue weighted by atomic mass is 10.1. The second-order valence-electron chi connectivity index (χ2n) is 20.1. The van der Waals surface area contributed by atoms with E-state index < -0.39 is 0 Å². The Labute approximate surface area is 435 Å². The van der Waals surface area contributed by atoms with E-state index in [1.54, 1.807) is 0 Å². The monoisotopic (exact) mass is 968 g/mol. The van der Waals surface area contributed by atoms with E-state index in [9.17, 15) is 0 Å². The van der Waals surface area contributed by atoms with Gasteiger partial charge in [0, 0.05) is 88.0 Å². The lowest BCUT2D eigenvalue weighted by Gasteiger charge is -2.17. The Morgan fingerprint density at radius 3 is 0.579 bits per heavy atom. The number of fused-ring (bicyclic) bond motifs is 16. The first-order chi connectivity index (χ1) is 37.8. The van der Waals surface area contributed by atoms with Crippen LogP contribution >= 0.6 is 0 Å². The molecule has 6 nitrogen and oxygen atoms in total. The zero-order chi connectivity index (χ0) is 49.6. The highest BCUT2D eigenvalue weighted by Crippen LogP contribution is 2.45. The molecular weight excluding hydrogens is 925 g/mol. The van der Waals surface area contributed by atoms with E-state index in [0.29, 0.717) is 0 Å². The van der Waals surface area contributed by atoms with Gasteiger partial charge in [-0.1, -0.05) is 164 Å². The number of hydrogen-bond donors (Lipinski definition) is 0. The van der Waals surface area contributed by atoms with Crippen LogP contribution in [-0.2, 0) is 0 Å². The number of aromatic nitrogens is 6. The van der Waals surface area contributed by atoms with Crippen LogP contribution in [0.4, 0.5) is 0 Å². The van der Waals surface area contributed by atoms with Crippen molar-refractivity contribution in [2.24, 2.45) is 0 Å². The van der Waals surface area contributed by atoms with Crippen molar-refractivity contribution in [3.05, 3.63) is 267 Å². The van der Waals surface area contributed by atoms with Crippen LogP contribution in [0, 0.1) is 0 Å². The Kier molecular flexibility index (Phi) is 8.46. The first-order valence-corrected chi connectivity index (χ1v) is 26.1. The van der Waals surface area contributed by atoms with E-state index >= 15 is 0 Å². The Morgan fingerprint density at radius 2 is 0.342 bits per heavy atom. The molecule has 0 radical (unpaired) electrons. The smallest absolute Gasteiger partial charge is 0.131 e. The Bertz CT molecular complexity index is 4830. The third-order valence-electron chi connectivity index (χ3n) is 16.2. The van der Waals surface area contributed by atoms with Gasteiger partial charge in [-0.3, -0.25) is 18.3 Å². The molecule has 0 fully saturated rings. The molecule has 0 saturated carbocycles. The van der Waals surface area contributed by atoms with Crippen molar-refractivity contribution in [1.29, 1.82) is 0 Å². The van der Waals surface area contributed by atoms with Crippen LogP contribution < -0.4 is 0 Å². The topological polar surface area (TPSA) is 29.6 Å². The standard InChI is InChI=1S/C70H44N6/c1-9-34-59-51(26-1)52-27-2-10-35-60(52)71(59)45-20-17-22-47(42-45)73-63-38-13-5-30-55(63)67-57-32-7-15-40-65(57)75(69(67)73)49-24-19-25-50(44-49)76-66-41-16-8-33-58(66)68-56-31-6-14-39-64(56)74(70(68)76)48-23-18-21-46(43-48)72-61-36-11-3-28-53(61)54-29-4-12-37-62(54)72/h1-44H. The Hall–Kier alpha value is -10.3. The fourth-order valence-electron chi connectivity index (χ4n) is 13.2. The molecule has 6 heteroatoms. The highest BCUT2D eigenvalue weighted by molar-refractivity contribution is 6.24. The summed E-state index contributed by atoms with van der Waals surface area (Å²) in [7, 11) is 0. The molecule has 0 aliphatic rings. The maximum absolute atomic E-state index is 2.49. The summed E-state index contributed by atoms with van der Waals surface area (Å²) < 4.78 is 14.8. The number of rotatable bonds is 6. The van der Waals surface area contributed by atoms with Crippen molar-refractivity contribution in [3.8, 4) is 34.1 Å². The molecule has 354 valence electrons. The molecule has 17 aromatic rings. The van der Waals surface area contributed by atoms with Gasteiger partial charge in [0.1, 0.15) is 11.3 Å². The first-order valence-electron chi connectivity index (χ1n) is 26.1. The molecule has 0 atom stereocenters. The minimum absolute atomic E-state index is 1.08. The summed E-state index contributed by atoms with van der Waals surface area (Å²) in [5.74, 6) is 0. The summed E-state index contributed by atoms with van der Waals surface area (Å²) in [6.07, 6.45) is 0. The van der Waals surface area contributed by atoms with Gasteiger partial charge in [0.2, 0.25) is 0 Å². The van der Waals surface area contributed by atoms with E-state index in [0.717, 1.165) is 67.5 Å². The second kappa shape index (κ2) is 15.6. The van der Waals surface area contributed by atoms with Crippen molar-refractivity contribution in [1.82, 2.24) is 27.4 Å². The van der Waals surface area contributed by atoms with Crippen molar-refractivity contribution in [2.75, 3.05) is 0 Å². The van der Waals surface area contributed by atoms with Gasteiger partial charge in [-0.05, 0) is 103 Å². The first kappa shape index (κ1) is 41.2. The summed E-state index contributed by atoms with van der Waals surface area (Å²) in [5.41, 5.74) is 18.2. The molecule has 0 saturated heterocycles. The SMILES string of the molecule is c1cc(-n2c3ccccc3c3ccccc32)cc(-n2c3ccccc3c3c4ccccc4n(-c4cccc(-n5c6ccccc6c6c7ccccc7n(-c7cccc(-n8c9ccccc9c9ccccc98)c7)c65)c4)c32)c1. The van der Waals surface area contributed by atoms with Crippen LogP contribution in [0.1, 0.15) is 0 Å². The summed E-state index contributed by atoms with van der Waals surface area (Å²) >= 11 is 0. The van der Waals surface area contributed by atoms with E-state index in [1.165, 1.54) is 75.9 Å². The van der Waals surface area contributed by atoms with Crippen molar-refractivity contribution in [2.45, 2.75) is 0 Å². The molecule has 0 bridgehead atoms. The Balaban J connectivity index is 0.917. The molecule has 6 aromatic heterocycles. The molecule has 0 aliphatic heterocycles. The Morgan fingerprint density at radius 1 is 0.158 bits per heavy atom.